The number of carbonyl (C=O) groups excluding carboxylic acids is 1. The van der Waals surface area contributed by atoms with Crippen molar-refractivity contribution in [2.45, 2.75) is 69.1 Å². The molecule has 0 bridgehead atoms. The molecule has 1 aliphatic rings. The number of imide groups is 1. The Labute approximate surface area is 201 Å². The molecule has 0 aromatic heterocycles. The monoisotopic (exact) mass is 517 g/mol. The molecule has 14 heteroatoms. The van der Waals surface area contributed by atoms with Gasteiger partial charge in [0.05, 0.1) is 10.2 Å². The number of sulfone groups is 1. The molecule has 35 heavy (non-hydrogen) atoms. The number of aliphatic hydroxyl groups is 1. The number of amides is 2. The number of hydrogen-bond donors (Lipinski definition) is 2. The zero-order chi connectivity index (χ0) is 27.1. The van der Waals surface area contributed by atoms with Gasteiger partial charge in [0.1, 0.15) is 27.5 Å². The van der Waals surface area contributed by atoms with E-state index in [-0.39, 0.29) is 4.90 Å². The topological polar surface area (TPSA) is 177 Å². The number of rotatable bonds is 4. The van der Waals surface area contributed by atoms with Crippen molar-refractivity contribution in [2.24, 2.45) is 4.99 Å². The predicted molar refractivity (Wildman–Crippen MR) is 122 cm³/mol. The summed E-state index contributed by atoms with van der Waals surface area (Å²) < 4.78 is 45.6. The van der Waals surface area contributed by atoms with Gasteiger partial charge in [-0.2, -0.15) is 4.90 Å². The van der Waals surface area contributed by atoms with Gasteiger partial charge in [0, 0.05) is 24.3 Å². The SMILES string of the molecule is CC(C)(C)OC(=O)N(C(=O)O)C1=NC(C)(c2cc([N+](=O)[O-])ccc2F)C(CCO)S(=O)(=O)C1(C)C. The largest absolute Gasteiger partial charge is 0.464 e. The molecule has 2 N–H and O–H groups in total. The summed E-state index contributed by atoms with van der Waals surface area (Å²) in [6.07, 6.45) is -3.78. The van der Waals surface area contributed by atoms with Gasteiger partial charge in [0.15, 0.2) is 9.84 Å². The molecule has 2 unspecified atom stereocenters. The van der Waals surface area contributed by atoms with Crippen LogP contribution in [-0.2, 0) is 20.1 Å². The summed E-state index contributed by atoms with van der Waals surface area (Å²) in [6, 6.07) is 2.44. The number of non-ortho nitro benzene ring substituents is 1. The van der Waals surface area contributed by atoms with E-state index in [9.17, 15) is 38.3 Å². The molecule has 0 spiro atoms. The smallest absolute Gasteiger partial charge is 0.425 e. The number of nitro groups is 1. The molecule has 0 fully saturated rings. The minimum Gasteiger partial charge on any atom is -0.464 e. The van der Waals surface area contributed by atoms with Gasteiger partial charge >= 0.3 is 12.2 Å². The van der Waals surface area contributed by atoms with Crippen LogP contribution in [0.25, 0.3) is 0 Å². The summed E-state index contributed by atoms with van der Waals surface area (Å²) in [4.78, 5) is 39.8. The van der Waals surface area contributed by atoms with Crippen molar-refractivity contribution in [1.82, 2.24) is 4.90 Å². The van der Waals surface area contributed by atoms with Crippen LogP contribution in [0.15, 0.2) is 23.2 Å². The fraction of sp³-hybridized carbons (Fsp3) is 0.571. The first-order valence-electron chi connectivity index (χ1n) is 10.5. The molecule has 1 aromatic rings. The molecule has 12 nitrogen and oxygen atoms in total. The standard InChI is InChI=1S/C21H28FN3O9S/c1-19(2,3)34-18(29)24(17(27)28)16-20(4,5)35(32,33)15(9-10-26)21(6,23-16)13-11-12(25(30)31)7-8-14(13)22/h7-8,11,15,26H,9-10H2,1-6H3,(H,27,28). The van der Waals surface area contributed by atoms with Crippen LogP contribution in [-0.4, -0.2) is 68.7 Å². The first-order valence-corrected chi connectivity index (χ1v) is 12.0. The summed E-state index contributed by atoms with van der Waals surface area (Å²) in [5.41, 5.74) is -4.39. The van der Waals surface area contributed by atoms with Gasteiger partial charge in [-0.3, -0.25) is 15.1 Å². The summed E-state index contributed by atoms with van der Waals surface area (Å²) in [5.74, 6) is -1.82. The van der Waals surface area contributed by atoms with Crippen LogP contribution in [0, 0.1) is 15.9 Å². The van der Waals surface area contributed by atoms with E-state index in [0.29, 0.717) is 0 Å². The number of nitro benzene ring substituents is 1. The number of ether oxygens (including phenoxy) is 1. The van der Waals surface area contributed by atoms with Crippen molar-refractivity contribution in [2.75, 3.05) is 6.61 Å². The minimum atomic E-state index is -4.51. The van der Waals surface area contributed by atoms with Crippen LogP contribution in [0.4, 0.5) is 19.7 Å². The summed E-state index contributed by atoms with van der Waals surface area (Å²) in [5, 5.41) is 29.1. The molecule has 2 atom stereocenters. The van der Waals surface area contributed by atoms with Crippen LogP contribution in [0.2, 0.25) is 0 Å². The zero-order valence-corrected chi connectivity index (χ0v) is 20.9. The van der Waals surface area contributed by atoms with E-state index in [2.05, 4.69) is 4.99 Å². The lowest BCUT2D eigenvalue weighted by molar-refractivity contribution is -0.385. The third-order valence-electron chi connectivity index (χ3n) is 5.67. The van der Waals surface area contributed by atoms with Crippen LogP contribution < -0.4 is 0 Å². The maximum atomic E-state index is 15.0. The van der Waals surface area contributed by atoms with Crippen LogP contribution >= 0.6 is 0 Å². The lowest BCUT2D eigenvalue weighted by atomic mass is 9.85. The number of hydrogen-bond acceptors (Lipinski definition) is 9. The Morgan fingerprint density at radius 3 is 2.31 bits per heavy atom. The third-order valence-corrected chi connectivity index (χ3v) is 8.71. The van der Waals surface area contributed by atoms with E-state index < -0.39 is 84.0 Å². The van der Waals surface area contributed by atoms with Crippen molar-refractivity contribution < 1.29 is 42.3 Å². The Balaban J connectivity index is 2.98. The Bertz CT molecular complexity index is 1190. The van der Waals surface area contributed by atoms with E-state index >= 15 is 4.39 Å². The van der Waals surface area contributed by atoms with Gasteiger partial charge in [-0.15, -0.1) is 0 Å². The fourth-order valence-electron chi connectivity index (χ4n) is 3.90. The number of aliphatic hydroxyl groups excluding tert-OH is 1. The summed E-state index contributed by atoms with van der Waals surface area (Å²) >= 11 is 0. The highest BCUT2D eigenvalue weighted by molar-refractivity contribution is 7.94. The molecule has 194 valence electrons. The fourth-order valence-corrected chi connectivity index (χ4v) is 6.20. The molecule has 0 aliphatic carbocycles. The second-order valence-electron chi connectivity index (χ2n) is 9.66. The average Bonchev–Trinajstić information content (AvgIpc) is 2.68. The Hall–Kier alpha value is -3.13. The van der Waals surface area contributed by atoms with E-state index in [1.54, 1.807) is 0 Å². The molecule has 0 saturated heterocycles. The summed E-state index contributed by atoms with van der Waals surface area (Å²) in [7, 11) is -4.51. The first kappa shape index (κ1) is 28.1. The maximum absolute atomic E-state index is 15.0. The van der Waals surface area contributed by atoms with E-state index in [1.165, 1.54) is 20.8 Å². The van der Waals surface area contributed by atoms with Crippen molar-refractivity contribution in [3.8, 4) is 0 Å². The van der Waals surface area contributed by atoms with Gasteiger partial charge in [0.25, 0.3) is 5.69 Å². The van der Waals surface area contributed by atoms with Gasteiger partial charge in [-0.05, 0) is 54.0 Å². The molecular formula is C21H28FN3O9S. The van der Waals surface area contributed by atoms with Gasteiger partial charge in [-0.25, -0.2) is 22.4 Å². The van der Waals surface area contributed by atoms with Crippen LogP contribution in [0.1, 0.15) is 53.5 Å². The molecule has 1 heterocycles. The van der Waals surface area contributed by atoms with Crippen LogP contribution in [0.5, 0.6) is 0 Å². The Morgan fingerprint density at radius 1 is 1.29 bits per heavy atom. The number of benzene rings is 1. The van der Waals surface area contributed by atoms with Crippen molar-refractivity contribution in [3.05, 3.63) is 39.7 Å². The highest BCUT2D eigenvalue weighted by Gasteiger charge is 2.60. The van der Waals surface area contributed by atoms with Gasteiger partial charge in [-0.1, -0.05) is 0 Å². The van der Waals surface area contributed by atoms with Crippen molar-refractivity contribution in [3.63, 3.8) is 0 Å². The quantitative estimate of drug-likeness (QED) is 0.448. The molecule has 1 aromatic carbocycles. The number of amidine groups is 1. The second kappa shape index (κ2) is 9.15. The maximum Gasteiger partial charge on any atom is 0.425 e. The van der Waals surface area contributed by atoms with Crippen molar-refractivity contribution >= 4 is 33.5 Å². The zero-order valence-electron chi connectivity index (χ0n) is 20.1. The van der Waals surface area contributed by atoms with E-state index in [0.717, 1.165) is 39.0 Å². The molecule has 1 aliphatic heterocycles. The average molecular weight is 518 g/mol. The minimum absolute atomic E-state index is 0.0332. The molecular weight excluding hydrogens is 489 g/mol. The number of carbonyl (C=O) groups is 2. The summed E-state index contributed by atoms with van der Waals surface area (Å²) in [6.45, 7) is 7.13. The van der Waals surface area contributed by atoms with Gasteiger partial charge in [0.2, 0.25) is 0 Å². The molecule has 2 rings (SSSR count). The Kier molecular flexibility index (Phi) is 7.35. The lowest BCUT2D eigenvalue weighted by Crippen LogP contribution is -2.63. The second-order valence-corrected chi connectivity index (χ2v) is 12.3. The van der Waals surface area contributed by atoms with E-state index in [4.69, 9.17) is 4.74 Å². The predicted octanol–water partition coefficient (Wildman–Crippen LogP) is 3.22. The molecule has 2 amide bonds. The molecule has 0 radical (unpaired) electrons. The first-order chi connectivity index (χ1) is 15.8. The highest BCUT2D eigenvalue weighted by atomic mass is 32.2. The lowest BCUT2D eigenvalue weighted by Gasteiger charge is -2.46. The number of halogens is 1. The van der Waals surface area contributed by atoms with Crippen LogP contribution in [0.3, 0.4) is 0 Å². The number of aliphatic imine (C=N–C) groups is 1. The number of carboxylic acid groups (broad SMARTS) is 1. The van der Waals surface area contributed by atoms with Gasteiger partial charge < -0.3 is 14.9 Å². The van der Waals surface area contributed by atoms with Crippen molar-refractivity contribution in [1.29, 1.82) is 0 Å². The molecule has 0 saturated carbocycles. The third kappa shape index (κ3) is 4.98. The Morgan fingerprint density at radius 2 is 1.86 bits per heavy atom. The highest BCUT2D eigenvalue weighted by Crippen LogP contribution is 2.46. The normalized spacial score (nSPS) is 23.2. The van der Waals surface area contributed by atoms with E-state index in [1.807, 2.05) is 0 Å². The number of nitrogens with zero attached hydrogens (tertiary/aromatic N) is 3.